The first kappa shape index (κ1) is 18.5. The first-order valence-electron chi connectivity index (χ1n) is 9.75. The van der Waals surface area contributed by atoms with Crippen molar-refractivity contribution in [3.63, 3.8) is 0 Å². The minimum atomic E-state index is -0.247. The molecule has 0 atom stereocenters. The van der Waals surface area contributed by atoms with E-state index in [0.717, 1.165) is 64.1 Å². The van der Waals surface area contributed by atoms with Crippen LogP contribution in [-0.4, -0.2) is 48.0 Å². The fourth-order valence-electron chi connectivity index (χ4n) is 4.21. The van der Waals surface area contributed by atoms with E-state index in [1.165, 1.54) is 11.8 Å². The predicted molar refractivity (Wildman–Crippen MR) is 106 cm³/mol. The van der Waals surface area contributed by atoms with Crippen LogP contribution >= 0.6 is 11.6 Å². The van der Waals surface area contributed by atoms with Gasteiger partial charge in [0.2, 0.25) is 0 Å². The molecule has 144 valence electrons. The zero-order chi connectivity index (χ0) is 18.8. The monoisotopic (exact) mass is 389 g/mol. The largest absolute Gasteiger partial charge is 0.367 e. The van der Waals surface area contributed by atoms with Gasteiger partial charge in [0, 0.05) is 61.6 Å². The van der Waals surface area contributed by atoms with E-state index >= 15 is 0 Å². The zero-order valence-corrected chi connectivity index (χ0v) is 16.2. The number of rotatable bonds is 5. The van der Waals surface area contributed by atoms with E-state index in [0.29, 0.717) is 22.9 Å². The number of hydrogen-bond donors (Lipinski definition) is 0. The van der Waals surface area contributed by atoms with Crippen molar-refractivity contribution in [1.29, 1.82) is 0 Å². The molecular formula is C21H25ClFN3O. The van der Waals surface area contributed by atoms with Gasteiger partial charge in [0.15, 0.2) is 5.78 Å². The van der Waals surface area contributed by atoms with Gasteiger partial charge < -0.3 is 9.47 Å². The van der Waals surface area contributed by atoms with Gasteiger partial charge >= 0.3 is 0 Å². The molecule has 0 N–H and O–H groups in total. The third-order valence-corrected chi connectivity index (χ3v) is 5.93. The molecule has 6 heteroatoms. The molecule has 0 saturated carbocycles. The number of halogens is 2. The highest BCUT2D eigenvalue weighted by molar-refractivity contribution is 6.30. The van der Waals surface area contributed by atoms with Crippen LogP contribution in [0, 0.1) is 5.82 Å². The SMILES string of the molecule is O=C1CCCc2c1ccn2CCCN1CCN(c2ccc(Cl)cc2F)CC1. The van der Waals surface area contributed by atoms with Crippen molar-refractivity contribution in [3.05, 3.63) is 52.6 Å². The lowest BCUT2D eigenvalue weighted by atomic mass is 9.97. The minimum Gasteiger partial charge on any atom is -0.367 e. The molecule has 1 aliphatic heterocycles. The number of fused-ring (bicyclic) bond motifs is 1. The number of anilines is 1. The molecule has 0 radical (unpaired) electrons. The maximum Gasteiger partial charge on any atom is 0.164 e. The van der Waals surface area contributed by atoms with Gasteiger partial charge in [0.05, 0.1) is 5.69 Å². The highest BCUT2D eigenvalue weighted by atomic mass is 35.5. The Morgan fingerprint density at radius 3 is 2.63 bits per heavy atom. The fourth-order valence-corrected chi connectivity index (χ4v) is 4.37. The van der Waals surface area contributed by atoms with Crippen LogP contribution < -0.4 is 4.90 Å². The number of carbonyl (C=O) groups is 1. The van der Waals surface area contributed by atoms with E-state index in [1.807, 2.05) is 6.07 Å². The summed E-state index contributed by atoms with van der Waals surface area (Å²) in [6, 6.07) is 6.88. The van der Waals surface area contributed by atoms with Gasteiger partial charge in [-0.1, -0.05) is 11.6 Å². The number of piperazine rings is 1. The Morgan fingerprint density at radius 2 is 1.85 bits per heavy atom. The van der Waals surface area contributed by atoms with E-state index in [2.05, 4.69) is 20.6 Å². The highest BCUT2D eigenvalue weighted by Crippen LogP contribution is 2.24. The molecule has 1 aliphatic carbocycles. The Hall–Kier alpha value is -1.85. The van der Waals surface area contributed by atoms with Crippen molar-refractivity contribution in [2.24, 2.45) is 0 Å². The van der Waals surface area contributed by atoms with Crippen molar-refractivity contribution in [2.75, 3.05) is 37.6 Å². The molecule has 2 aromatic rings. The normalized spacial score (nSPS) is 18.0. The molecule has 27 heavy (non-hydrogen) atoms. The standard InChI is InChI=1S/C21H25ClFN3O/c22-16-5-6-20(18(23)15-16)26-13-11-24(12-14-26)8-2-9-25-10-7-17-19(25)3-1-4-21(17)27/h5-7,10,15H,1-4,8-9,11-14H2. The molecule has 2 heterocycles. The van der Waals surface area contributed by atoms with Crippen LogP contribution in [0.5, 0.6) is 0 Å². The third-order valence-electron chi connectivity index (χ3n) is 5.69. The summed E-state index contributed by atoms with van der Waals surface area (Å²) in [5.74, 6) is 0.0448. The second kappa shape index (κ2) is 8.03. The first-order valence-corrected chi connectivity index (χ1v) is 10.1. The second-order valence-corrected chi connectivity index (χ2v) is 7.86. The fraction of sp³-hybridized carbons (Fsp3) is 0.476. The molecule has 4 nitrogen and oxygen atoms in total. The van der Waals surface area contributed by atoms with Crippen LogP contribution in [0.3, 0.4) is 0 Å². The quantitative estimate of drug-likeness (QED) is 0.773. The number of ketones is 1. The van der Waals surface area contributed by atoms with E-state index < -0.39 is 0 Å². The van der Waals surface area contributed by atoms with Crippen molar-refractivity contribution < 1.29 is 9.18 Å². The van der Waals surface area contributed by atoms with Crippen molar-refractivity contribution in [1.82, 2.24) is 9.47 Å². The molecule has 4 rings (SSSR count). The summed E-state index contributed by atoms with van der Waals surface area (Å²) in [6.45, 7) is 5.50. The summed E-state index contributed by atoms with van der Waals surface area (Å²) in [4.78, 5) is 16.5. The second-order valence-electron chi connectivity index (χ2n) is 7.42. The van der Waals surface area contributed by atoms with Gasteiger partial charge in [-0.25, -0.2) is 4.39 Å². The molecule has 0 amide bonds. The molecule has 1 aromatic heterocycles. The Kier molecular flexibility index (Phi) is 5.50. The van der Waals surface area contributed by atoms with Gasteiger partial charge in [-0.15, -0.1) is 0 Å². The minimum absolute atomic E-state index is 0.247. The van der Waals surface area contributed by atoms with Gasteiger partial charge in [0.1, 0.15) is 5.82 Å². The third kappa shape index (κ3) is 4.04. The van der Waals surface area contributed by atoms with Crippen LogP contribution in [0.4, 0.5) is 10.1 Å². The molecule has 0 unspecified atom stereocenters. The summed E-state index contributed by atoms with van der Waals surface area (Å²) in [7, 11) is 0. The molecule has 2 aliphatic rings. The lowest BCUT2D eigenvalue weighted by Crippen LogP contribution is -2.47. The van der Waals surface area contributed by atoms with Gasteiger partial charge in [-0.3, -0.25) is 9.69 Å². The smallest absolute Gasteiger partial charge is 0.164 e. The van der Waals surface area contributed by atoms with Crippen LogP contribution in [0.1, 0.15) is 35.3 Å². The number of aryl methyl sites for hydroxylation is 1. The van der Waals surface area contributed by atoms with Gasteiger partial charge in [0.25, 0.3) is 0 Å². The van der Waals surface area contributed by atoms with Gasteiger partial charge in [-0.05, 0) is 50.1 Å². The van der Waals surface area contributed by atoms with E-state index in [4.69, 9.17) is 11.6 Å². The number of Topliss-reactive ketones (excluding diaryl/α,β-unsaturated/α-hetero) is 1. The van der Waals surface area contributed by atoms with Crippen LogP contribution in [0.2, 0.25) is 5.02 Å². The highest BCUT2D eigenvalue weighted by Gasteiger charge is 2.21. The molecular weight excluding hydrogens is 365 g/mol. The number of benzene rings is 1. The summed E-state index contributed by atoms with van der Waals surface area (Å²) in [6.07, 6.45) is 5.80. The van der Waals surface area contributed by atoms with E-state index in [-0.39, 0.29) is 5.82 Å². The average Bonchev–Trinajstić information content (AvgIpc) is 3.07. The maximum atomic E-state index is 14.1. The van der Waals surface area contributed by atoms with E-state index in [9.17, 15) is 9.18 Å². The van der Waals surface area contributed by atoms with Gasteiger partial charge in [-0.2, -0.15) is 0 Å². The first-order chi connectivity index (χ1) is 13.1. The van der Waals surface area contributed by atoms with Crippen LogP contribution in [-0.2, 0) is 13.0 Å². The average molecular weight is 390 g/mol. The lowest BCUT2D eigenvalue weighted by Gasteiger charge is -2.36. The van der Waals surface area contributed by atoms with Crippen LogP contribution in [0.25, 0.3) is 0 Å². The van der Waals surface area contributed by atoms with Crippen LogP contribution in [0.15, 0.2) is 30.5 Å². The number of hydrogen-bond acceptors (Lipinski definition) is 3. The zero-order valence-electron chi connectivity index (χ0n) is 15.5. The predicted octanol–water partition coefficient (Wildman–Crippen LogP) is 4.01. The summed E-state index contributed by atoms with van der Waals surface area (Å²) in [5, 5.41) is 0.434. The maximum absolute atomic E-state index is 14.1. The Balaban J connectivity index is 1.26. The lowest BCUT2D eigenvalue weighted by molar-refractivity contribution is 0.0971. The molecule has 1 saturated heterocycles. The number of carbonyl (C=O) groups excluding carboxylic acids is 1. The summed E-state index contributed by atoms with van der Waals surface area (Å²) in [5.41, 5.74) is 2.79. The topological polar surface area (TPSA) is 28.5 Å². The molecule has 1 fully saturated rings. The molecule has 0 bridgehead atoms. The van der Waals surface area contributed by atoms with Crippen molar-refractivity contribution >= 4 is 23.1 Å². The Labute approximate surface area is 164 Å². The number of nitrogens with zero attached hydrogens (tertiary/aromatic N) is 3. The van der Waals surface area contributed by atoms with Crippen molar-refractivity contribution in [2.45, 2.75) is 32.2 Å². The molecule has 0 spiro atoms. The number of aromatic nitrogens is 1. The summed E-state index contributed by atoms with van der Waals surface area (Å²) >= 11 is 5.84. The van der Waals surface area contributed by atoms with Crippen molar-refractivity contribution in [3.8, 4) is 0 Å². The Morgan fingerprint density at radius 1 is 1.04 bits per heavy atom. The summed E-state index contributed by atoms with van der Waals surface area (Å²) < 4.78 is 16.3. The van der Waals surface area contributed by atoms with E-state index in [1.54, 1.807) is 12.1 Å². The Bertz CT molecular complexity index is 827. The molecule has 1 aromatic carbocycles.